The van der Waals surface area contributed by atoms with Crippen molar-refractivity contribution in [1.82, 2.24) is 5.32 Å². The molecule has 102 valence electrons. The lowest BCUT2D eigenvalue weighted by Gasteiger charge is -2.04. The average Bonchev–Trinajstić information content (AvgIpc) is 2.90. The Labute approximate surface area is 122 Å². The first-order valence-electron chi connectivity index (χ1n) is 6.21. The standard InChI is InChI=1S/C16H15NO2S/c1-12-4-6-14(7-5-12)16(19)17-11-15-13(3-2-9-18)8-10-20-15/h4-8,10,18H,9,11H2,1H3,(H,17,19). The van der Waals surface area contributed by atoms with Crippen LogP contribution in [0.3, 0.4) is 0 Å². The topological polar surface area (TPSA) is 49.3 Å². The summed E-state index contributed by atoms with van der Waals surface area (Å²) in [7, 11) is 0. The van der Waals surface area contributed by atoms with Crippen LogP contribution in [0.2, 0.25) is 0 Å². The molecule has 0 fully saturated rings. The van der Waals surface area contributed by atoms with Crippen LogP contribution in [0.4, 0.5) is 0 Å². The lowest BCUT2D eigenvalue weighted by molar-refractivity contribution is 0.0951. The summed E-state index contributed by atoms with van der Waals surface area (Å²) in [6.45, 7) is 2.27. The summed E-state index contributed by atoms with van der Waals surface area (Å²) in [5, 5.41) is 13.5. The highest BCUT2D eigenvalue weighted by molar-refractivity contribution is 7.10. The highest BCUT2D eigenvalue weighted by Crippen LogP contribution is 2.15. The molecule has 1 aromatic heterocycles. The first kappa shape index (κ1) is 14.3. The van der Waals surface area contributed by atoms with Crippen LogP contribution in [0.25, 0.3) is 0 Å². The monoisotopic (exact) mass is 285 g/mol. The van der Waals surface area contributed by atoms with Gasteiger partial charge in [0.2, 0.25) is 0 Å². The fourth-order valence-corrected chi connectivity index (χ4v) is 2.46. The van der Waals surface area contributed by atoms with Crippen molar-refractivity contribution in [3.8, 4) is 11.8 Å². The zero-order valence-electron chi connectivity index (χ0n) is 11.1. The molecule has 2 N–H and O–H groups in total. The molecule has 2 rings (SSSR count). The molecule has 0 radical (unpaired) electrons. The molecule has 0 saturated heterocycles. The molecule has 20 heavy (non-hydrogen) atoms. The number of hydrogen-bond acceptors (Lipinski definition) is 3. The average molecular weight is 285 g/mol. The molecule has 0 aliphatic carbocycles. The van der Waals surface area contributed by atoms with Crippen molar-refractivity contribution in [1.29, 1.82) is 0 Å². The molecular weight excluding hydrogens is 270 g/mol. The van der Waals surface area contributed by atoms with Gasteiger partial charge in [-0.15, -0.1) is 11.3 Å². The molecule has 0 aliphatic heterocycles. The second-order valence-electron chi connectivity index (χ2n) is 4.27. The van der Waals surface area contributed by atoms with E-state index in [2.05, 4.69) is 17.2 Å². The molecule has 0 bridgehead atoms. The summed E-state index contributed by atoms with van der Waals surface area (Å²) in [5.74, 6) is 5.39. The van der Waals surface area contributed by atoms with Crippen LogP contribution < -0.4 is 5.32 Å². The third-order valence-electron chi connectivity index (χ3n) is 2.77. The van der Waals surface area contributed by atoms with Crippen molar-refractivity contribution in [3.63, 3.8) is 0 Å². The summed E-state index contributed by atoms with van der Waals surface area (Å²) in [6.07, 6.45) is 0. The lowest BCUT2D eigenvalue weighted by atomic mass is 10.1. The number of carbonyl (C=O) groups excluding carboxylic acids is 1. The molecule has 1 aromatic carbocycles. The number of carbonyl (C=O) groups is 1. The second kappa shape index (κ2) is 6.90. The minimum atomic E-state index is -0.162. The predicted molar refractivity (Wildman–Crippen MR) is 80.6 cm³/mol. The van der Waals surface area contributed by atoms with Gasteiger partial charge in [0, 0.05) is 16.0 Å². The maximum Gasteiger partial charge on any atom is 0.251 e. The summed E-state index contributed by atoms with van der Waals surface area (Å²) < 4.78 is 0. The van der Waals surface area contributed by atoms with Gasteiger partial charge < -0.3 is 10.4 Å². The Hall–Kier alpha value is -2.09. The summed E-state index contributed by atoms with van der Waals surface area (Å²) >= 11 is 1.54. The van der Waals surface area contributed by atoms with Crippen molar-refractivity contribution < 1.29 is 9.90 Å². The zero-order chi connectivity index (χ0) is 14.4. The number of rotatable bonds is 3. The molecule has 1 heterocycles. The summed E-state index contributed by atoms with van der Waals surface area (Å²) in [4.78, 5) is 13.0. The molecule has 0 spiro atoms. The summed E-state index contributed by atoms with van der Waals surface area (Å²) in [6, 6.07) is 9.34. The van der Waals surface area contributed by atoms with E-state index in [1.165, 1.54) is 0 Å². The van der Waals surface area contributed by atoms with E-state index in [0.29, 0.717) is 12.1 Å². The fraction of sp³-hybridized carbons (Fsp3) is 0.188. The Balaban J connectivity index is 2.00. The van der Waals surface area contributed by atoms with Crippen LogP contribution >= 0.6 is 11.3 Å². The summed E-state index contributed by atoms with van der Waals surface area (Å²) in [5.41, 5.74) is 2.63. The SMILES string of the molecule is Cc1ccc(C(=O)NCc2sccc2C#CCO)cc1. The fourth-order valence-electron chi connectivity index (χ4n) is 1.69. The van der Waals surface area contributed by atoms with E-state index in [9.17, 15) is 4.79 Å². The van der Waals surface area contributed by atoms with Crippen molar-refractivity contribution >= 4 is 17.2 Å². The molecule has 0 saturated carbocycles. The van der Waals surface area contributed by atoms with Crippen molar-refractivity contribution in [2.75, 3.05) is 6.61 Å². The van der Waals surface area contributed by atoms with E-state index in [1.54, 1.807) is 11.3 Å². The minimum Gasteiger partial charge on any atom is -0.384 e. The third-order valence-corrected chi connectivity index (χ3v) is 3.69. The lowest BCUT2D eigenvalue weighted by Crippen LogP contribution is -2.22. The van der Waals surface area contributed by atoms with Crippen molar-refractivity contribution in [2.45, 2.75) is 13.5 Å². The van der Waals surface area contributed by atoms with E-state index in [4.69, 9.17) is 5.11 Å². The van der Waals surface area contributed by atoms with Gasteiger partial charge in [-0.1, -0.05) is 29.5 Å². The molecule has 0 atom stereocenters. The Bertz CT molecular complexity index is 647. The predicted octanol–water partition coefficient (Wildman–Crippen LogP) is 2.33. The number of nitrogens with one attached hydrogen (secondary N) is 1. The van der Waals surface area contributed by atoms with Crippen LogP contribution in [0.5, 0.6) is 0 Å². The minimum absolute atomic E-state index is 0.0977. The largest absolute Gasteiger partial charge is 0.384 e. The first-order valence-corrected chi connectivity index (χ1v) is 7.09. The van der Waals surface area contributed by atoms with Gasteiger partial charge in [-0.2, -0.15) is 0 Å². The van der Waals surface area contributed by atoms with Crippen LogP contribution in [-0.4, -0.2) is 17.6 Å². The Morgan fingerprint density at radius 2 is 2.05 bits per heavy atom. The highest BCUT2D eigenvalue weighted by Gasteiger charge is 2.07. The van der Waals surface area contributed by atoms with Gasteiger partial charge in [-0.25, -0.2) is 0 Å². The molecule has 4 heteroatoms. The van der Waals surface area contributed by atoms with Crippen molar-refractivity contribution in [3.05, 3.63) is 57.3 Å². The van der Waals surface area contributed by atoms with Gasteiger partial charge in [0.15, 0.2) is 0 Å². The van der Waals surface area contributed by atoms with E-state index >= 15 is 0 Å². The molecule has 1 amide bonds. The van der Waals surface area contributed by atoms with Crippen LogP contribution in [0, 0.1) is 18.8 Å². The maximum atomic E-state index is 12.0. The Kier molecular flexibility index (Phi) is 4.94. The van der Waals surface area contributed by atoms with Crippen LogP contribution in [0.15, 0.2) is 35.7 Å². The first-order chi connectivity index (χ1) is 9.70. The van der Waals surface area contributed by atoms with E-state index in [0.717, 1.165) is 16.0 Å². The molecule has 0 aliphatic rings. The van der Waals surface area contributed by atoms with Gasteiger partial charge in [0.05, 0.1) is 6.54 Å². The molecule has 3 nitrogen and oxygen atoms in total. The normalized spacial score (nSPS) is 9.70. The zero-order valence-corrected chi connectivity index (χ0v) is 12.0. The number of hydrogen-bond donors (Lipinski definition) is 2. The molecule has 2 aromatic rings. The number of benzene rings is 1. The Morgan fingerprint density at radius 1 is 1.30 bits per heavy atom. The molecule has 0 unspecified atom stereocenters. The molecular formula is C16H15NO2S. The van der Waals surface area contributed by atoms with Gasteiger partial charge in [-0.3, -0.25) is 4.79 Å². The van der Waals surface area contributed by atoms with E-state index in [-0.39, 0.29) is 12.5 Å². The Morgan fingerprint density at radius 3 is 2.75 bits per heavy atom. The number of thiophene rings is 1. The van der Waals surface area contributed by atoms with E-state index < -0.39 is 0 Å². The van der Waals surface area contributed by atoms with Gasteiger partial charge in [0.25, 0.3) is 5.91 Å². The maximum absolute atomic E-state index is 12.0. The number of aryl methyl sites for hydroxylation is 1. The number of aliphatic hydroxyl groups excluding tert-OH is 1. The van der Waals surface area contributed by atoms with Gasteiger partial charge in [0.1, 0.15) is 6.61 Å². The highest BCUT2D eigenvalue weighted by atomic mass is 32.1. The third kappa shape index (κ3) is 3.70. The quantitative estimate of drug-likeness (QED) is 0.850. The van der Waals surface area contributed by atoms with E-state index in [1.807, 2.05) is 42.6 Å². The number of amides is 1. The van der Waals surface area contributed by atoms with Crippen LogP contribution in [0.1, 0.15) is 26.4 Å². The van der Waals surface area contributed by atoms with Gasteiger partial charge in [-0.05, 0) is 30.5 Å². The smallest absolute Gasteiger partial charge is 0.251 e. The van der Waals surface area contributed by atoms with Crippen LogP contribution in [-0.2, 0) is 6.54 Å². The second-order valence-corrected chi connectivity index (χ2v) is 5.27. The number of aliphatic hydroxyl groups is 1. The van der Waals surface area contributed by atoms with Gasteiger partial charge >= 0.3 is 0 Å². The van der Waals surface area contributed by atoms with Crippen molar-refractivity contribution in [2.24, 2.45) is 0 Å².